The van der Waals surface area contributed by atoms with Crippen molar-refractivity contribution in [2.45, 2.75) is 4.90 Å². The Morgan fingerprint density at radius 3 is 2.35 bits per heavy atom. The lowest BCUT2D eigenvalue weighted by molar-refractivity contribution is 0.0699. The van der Waals surface area contributed by atoms with E-state index in [1.54, 1.807) is 0 Å². The van der Waals surface area contributed by atoms with Crippen molar-refractivity contribution in [3.05, 3.63) is 75.8 Å². The van der Waals surface area contributed by atoms with Crippen LogP contribution >= 0.6 is 0 Å². The second-order valence-corrected chi connectivity index (χ2v) is 9.01. The number of amides is 1. The first kappa shape index (κ1) is 20.7. The Bertz CT molecular complexity index is 1370. The maximum absolute atomic E-state index is 13.5. The minimum absolute atomic E-state index is 0.0777. The predicted octanol–water partition coefficient (Wildman–Crippen LogP) is 1.69. The van der Waals surface area contributed by atoms with Crippen LogP contribution in [0.25, 0.3) is 10.9 Å². The number of halogens is 1. The zero-order valence-corrected chi connectivity index (χ0v) is 17.0. The number of hydrogen-bond donors (Lipinski definition) is 1. The molecule has 2 heterocycles. The Morgan fingerprint density at radius 2 is 1.71 bits per heavy atom. The average molecular weight is 440 g/mol. The highest BCUT2D eigenvalue weighted by molar-refractivity contribution is 7.89. The Balaban J connectivity index is 1.54. The highest BCUT2D eigenvalue weighted by Gasteiger charge is 2.31. The van der Waals surface area contributed by atoms with Gasteiger partial charge in [-0.2, -0.15) is 9.57 Å². The summed E-state index contributed by atoms with van der Waals surface area (Å²) in [5.74, 6) is -0.951. The average Bonchev–Trinajstić information content (AvgIpc) is 2.77. The molecule has 0 aliphatic carbocycles. The third-order valence-electron chi connectivity index (χ3n) is 5.18. The molecule has 0 spiro atoms. The molecule has 1 fully saturated rings. The van der Waals surface area contributed by atoms with Crippen molar-refractivity contribution in [2.75, 3.05) is 26.2 Å². The molecule has 0 saturated carbocycles. The maximum atomic E-state index is 13.5. The third kappa shape index (κ3) is 3.93. The number of sulfonamides is 1. The minimum Gasteiger partial charge on any atom is -0.336 e. The molecule has 4 rings (SSSR count). The summed E-state index contributed by atoms with van der Waals surface area (Å²) in [6, 6.07) is 12.5. The quantitative estimate of drug-likeness (QED) is 0.666. The minimum atomic E-state index is -3.76. The molecule has 0 atom stereocenters. The van der Waals surface area contributed by atoms with Gasteiger partial charge in [-0.05, 0) is 42.5 Å². The van der Waals surface area contributed by atoms with E-state index in [-0.39, 0.29) is 42.2 Å². The van der Waals surface area contributed by atoms with Gasteiger partial charge in [0.15, 0.2) is 0 Å². The Kier molecular flexibility index (Phi) is 5.31. The molecule has 2 aromatic carbocycles. The zero-order valence-electron chi connectivity index (χ0n) is 16.2. The van der Waals surface area contributed by atoms with Gasteiger partial charge < -0.3 is 9.88 Å². The van der Waals surface area contributed by atoms with E-state index < -0.39 is 27.3 Å². The van der Waals surface area contributed by atoms with Gasteiger partial charge in [0.05, 0.1) is 27.6 Å². The van der Waals surface area contributed by atoms with Gasteiger partial charge in [0.1, 0.15) is 5.82 Å². The Morgan fingerprint density at radius 1 is 1.03 bits per heavy atom. The van der Waals surface area contributed by atoms with Crippen LogP contribution in [-0.2, 0) is 10.0 Å². The van der Waals surface area contributed by atoms with Crippen molar-refractivity contribution in [2.24, 2.45) is 0 Å². The molecule has 3 aromatic rings. The number of benzene rings is 2. The molecular weight excluding hydrogens is 423 g/mol. The number of hydrogen-bond acceptors (Lipinski definition) is 5. The SMILES string of the molecule is N#Cc1ccc(S(=O)(=O)N2CCN(C(=O)c3cc(=O)[nH]c4cc(F)ccc34)CC2)cc1. The lowest BCUT2D eigenvalue weighted by atomic mass is 10.1. The molecule has 1 aliphatic rings. The fourth-order valence-corrected chi connectivity index (χ4v) is 4.98. The van der Waals surface area contributed by atoms with E-state index in [1.807, 2.05) is 6.07 Å². The van der Waals surface area contributed by atoms with E-state index in [1.165, 1.54) is 51.7 Å². The van der Waals surface area contributed by atoms with Gasteiger partial charge >= 0.3 is 0 Å². The van der Waals surface area contributed by atoms with E-state index in [0.29, 0.717) is 10.9 Å². The number of piperazine rings is 1. The van der Waals surface area contributed by atoms with E-state index in [4.69, 9.17) is 5.26 Å². The van der Waals surface area contributed by atoms with Crippen LogP contribution in [0.3, 0.4) is 0 Å². The summed E-state index contributed by atoms with van der Waals surface area (Å²) >= 11 is 0. The van der Waals surface area contributed by atoms with Crippen molar-refractivity contribution in [3.63, 3.8) is 0 Å². The van der Waals surface area contributed by atoms with E-state index in [2.05, 4.69) is 4.98 Å². The molecule has 1 aliphatic heterocycles. The van der Waals surface area contributed by atoms with Crippen molar-refractivity contribution >= 4 is 26.8 Å². The first-order chi connectivity index (χ1) is 14.8. The van der Waals surface area contributed by atoms with Gasteiger partial charge in [-0.1, -0.05) is 0 Å². The second kappa shape index (κ2) is 7.94. The molecule has 1 amide bonds. The van der Waals surface area contributed by atoms with E-state index in [0.717, 1.165) is 6.07 Å². The Labute approximate surface area is 177 Å². The molecule has 31 heavy (non-hydrogen) atoms. The number of fused-ring (bicyclic) bond motifs is 1. The zero-order chi connectivity index (χ0) is 22.2. The van der Waals surface area contributed by atoms with Crippen LogP contribution in [0.4, 0.5) is 4.39 Å². The number of aromatic amines is 1. The number of aromatic nitrogens is 1. The normalized spacial score (nSPS) is 15.0. The van der Waals surface area contributed by atoms with Gasteiger partial charge in [-0.3, -0.25) is 9.59 Å². The summed E-state index contributed by atoms with van der Waals surface area (Å²) in [4.78, 5) is 29.0. The molecule has 10 heteroatoms. The Hall–Kier alpha value is -3.55. The van der Waals surface area contributed by atoms with E-state index in [9.17, 15) is 22.4 Å². The summed E-state index contributed by atoms with van der Waals surface area (Å²) in [5.41, 5.74) is 0.197. The highest BCUT2D eigenvalue weighted by atomic mass is 32.2. The van der Waals surface area contributed by atoms with Crippen LogP contribution in [0.1, 0.15) is 15.9 Å². The monoisotopic (exact) mass is 440 g/mol. The molecule has 1 saturated heterocycles. The lowest BCUT2D eigenvalue weighted by Gasteiger charge is -2.34. The first-order valence-electron chi connectivity index (χ1n) is 9.42. The predicted molar refractivity (Wildman–Crippen MR) is 110 cm³/mol. The number of rotatable bonds is 3. The van der Waals surface area contributed by atoms with Gasteiger partial charge in [-0.25, -0.2) is 12.8 Å². The molecule has 1 N–H and O–H groups in total. The van der Waals surface area contributed by atoms with Gasteiger partial charge in [0, 0.05) is 37.6 Å². The number of pyridine rings is 1. The number of nitrogens with one attached hydrogen (secondary N) is 1. The number of carbonyl (C=O) groups is 1. The lowest BCUT2D eigenvalue weighted by Crippen LogP contribution is -2.50. The van der Waals surface area contributed by atoms with Crippen LogP contribution in [0.15, 0.2) is 58.2 Å². The van der Waals surface area contributed by atoms with Crippen molar-refractivity contribution in [1.29, 1.82) is 5.26 Å². The summed E-state index contributed by atoms with van der Waals surface area (Å²) < 4.78 is 40.5. The standard InChI is InChI=1S/C21H17FN4O4S/c22-15-3-6-17-18(12-20(27)24-19(17)11-15)21(28)25-7-9-26(10-8-25)31(29,30)16-4-1-14(13-23)2-5-16/h1-6,11-12H,7-10H2,(H,24,27). The molecule has 158 valence electrons. The number of nitriles is 1. The second-order valence-electron chi connectivity index (χ2n) is 7.07. The fourth-order valence-electron chi connectivity index (χ4n) is 3.56. The van der Waals surface area contributed by atoms with Gasteiger partial charge in [0.25, 0.3) is 5.91 Å². The van der Waals surface area contributed by atoms with Crippen LogP contribution < -0.4 is 5.56 Å². The fraction of sp³-hybridized carbons (Fsp3) is 0.190. The molecule has 0 radical (unpaired) electrons. The van der Waals surface area contributed by atoms with Crippen LogP contribution in [0, 0.1) is 17.1 Å². The number of H-pyrrole nitrogens is 1. The molecule has 0 bridgehead atoms. The van der Waals surface area contributed by atoms with Crippen LogP contribution in [0.2, 0.25) is 0 Å². The first-order valence-corrected chi connectivity index (χ1v) is 10.9. The molecule has 1 aromatic heterocycles. The summed E-state index contributed by atoms with van der Waals surface area (Å²) in [6.07, 6.45) is 0. The van der Waals surface area contributed by atoms with Gasteiger partial charge in [0.2, 0.25) is 15.6 Å². The topological polar surface area (TPSA) is 114 Å². The third-order valence-corrected chi connectivity index (χ3v) is 7.10. The summed E-state index contributed by atoms with van der Waals surface area (Å²) in [5, 5.41) is 9.28. The van der Waals surface area contributed by atoms with Crippen molar-refractivity contribution in [3.8, 4) is 6.07 Å². The van der Waals surface area contributed by atoms with E-state index >= 15 is 0 Å². The van der Waals surface area contributed by atoms with Crippen LogP contribution in [-0.4, -0.2) is 54.7 Å². The molecular formula is C21H17FN4O4S. The highest BCUT2D eigenvalue weighted by Crippen LogP contribution is 2.21. The maximum Gasteiger partial charge on any atom is 0.254 e. The molecule has 0 unspecified atom stereocenters. The number of carbonyl (C=O) groups excluding carboxylic acids is 1. The largest absolute Gasteiger partial charge is 0.336 e. The van der Waals surface area contributed by atoms with Crippen LogP contribution in [0.5, 0.6) is 0 Å². The molecule has 8 nitrogen and oxygen atoms in total. The van der Waals surface area contributed by atoms with Crippen molar-refractivity contribution in [1.82, 2.24) is 14.2 Å². The summed E-state index contributed by atoms with van der Waals surface area (Å²) in [6.45, 7) is 0.460. The summed E-state index contributed by atoms with van der Waals surface area (Å²) in [7, 11) is -3.76. The van der Waals surface area contributed by atoms with Crippen molar-refractivity contribution < 1.29 is 17.6 Å². The smallest absolute Gasteiger partial charge is 0.254 e. The van der Waals surface area contributed by atoms with Gasteiger partial charge in [-0.15, -0.1) is 0 Å². The number of nitrogens with zero attached hydrogens (tertiary/aromatic N) is 3.